The van der Waals surface area contributed by atoms with Crippen LogP contribution in [0.2, 0.25) is 0 Å². The molecular formula is C42H38N4O7. The Bertz CT molecular complexity index is 2330. The van der Waals surface area contributed by atoms with Crippen molar-refractivity contribution in [3.63, 3.8) is 0 Å². The van der Waals surface area contributed by atoms with Gasteiger partial charge in [-0.25, -0.2) is 0 Å². The predicted octanol–water partition coefficient (Wildman–Crippen LogP) is 6.38. The van der Waals surface area contributed by atoms with Crippen molar-refractivity contribution in [1.29, 1.82) is 0 Å². The summed E-state index contributed by atoms with van der Waals surface area (Å²) in [5, 5.41) is 11.5. The zero-order valence-corrected chi connectivity index (χ0v) is 29.4. The third kappa shape index (κ3) is 7.10. The van der Waals surface area contributed by atoms with Crippen LogP contribution in [-0.2, 0) is 14.4 Å². The van der Waals surface area contributed by atoms with Crippen molar-refractivity contribution in [3.05, 3.63) is 119 Å². The van der Waals surface area contributed by atoms with Crippen molar-refractivity contribution < 1.29 is 33.5 Å². The van der Waals surface area contributed by atoms with E-state index in [-0.39, 0.29) is 49.3 Å². The third-order valence-electron chi connectivity index (χ3n) is 9.84. The monoisotopic (exact) mass is 710 g/mol. The Morgan fingerprint density at radius 2 is 1.62 bits per heavy atom. The number of nitrogens with zero attached hydrogens (tertiary/aromatic N) is 1. The second-order valence-corrected chi connectivity index (χ2v) is 13.5. The summed E-state index contributed by atoms with van der Waals surface area (Å²) < 4.78 is 6.00. The van der Waals surface area contributed by atoms with E-state index in [9.17, 15) is 28.8 Å². The van der Waals surface area contributed by atoms with Gasteiger partial charge in [0.25, 0.3) is 17.7 Å². The molecule has 0 bridgehead atoms. The minimum Gasteiger partial charge on any atom is -0.494 e. The lowest BCUT2D eigenvalue weighted by Crippen LogP contribution is -2.57. The minimum absolute atomic E-state index is 0.0292. The second-order valence-electron chi connectivity index (χ2n) is 13.5. The Morgan fingerprint density at radius 3 is 2.45 bits per heavy atom. The van der Waals surface area contributed by atoms with Crippen molar-refractivity contribution in [2.45, 2.75) is 58.0 Å². The molecule has 6 amide bonds. The Balaban J connectivity index is 0.939. The van der Waals surface area contributed by atoms with Gasteiger partial charge in [0.05, 0.1) is 18.2 Å². The Hall–Kier alpha value is -6.36. The van der Waals surface area contributed by atoms with Crippen molar-refractivity contribution >= 4 is 62.7 Å². The maximum atomic E-state index is 13.6. The van der Waals surface area contributed by atoms with E-state index in [0.717, 1.165) is 26.8 Å². The van der Waals surface area contributed by atoms with Crippen molar-refractivity contribution in [1.82, 2.24) is 15.5 Å². The number of anilines is 1. The van der Waals surface area contributed by atoms with E-state index in [1.54, 1.807) is 42.5 Å². The molecule has 11 heteroatoms. The summed E-state index contributed by atoms with van der Waals surface area (Å²) >= 11 is 0. The summed E-state index contributed by atoms with van der Waals surface area (Å²) in [5.41, 5.74) is 3.36. The molecule has 7 rings (SSSR count). The first-order valence-corrected chi connectivity index (χ1v) is 17.7. The first-order valence-electron chi connectivity index (χ1n) is 17.7. The fourth-order valence-electron chi connectivity index (χ4n) is 7.12. The van der Waals surface area contributed by atoms with Crippen LogP contribution in [0.1, 0.15) is 87.3 Å². The van der Waals surface area contributed by atoms with E-state index in [1.165, 1.54) is 0 Å². The quantitative estimate of drug-likeness (QED) is 0.106. The highest BCUT2D eigenvalue weighted by atomic mass is 16.5. The number of carbonyl (C=O) groups is 6. The molecule has 1 unspecified atom stereocenters. The first-order chi connectivity index (χ1) is 25.6. The van der Waals surface area contributed by atoms with E-state index in [0.29, 0.717) is 46.2 Å². The molecule has 2 aliphatic heterocycles. The van der Waals surface area contributed by atoms with E-state index in [2.05, 4.69) is 16.0 Å². The number of unbranched alkanes of at least 4 members (excludes halogenated alkanes) is 1. The Kier molecular flexibility index (Phi) is 9.73. The lowest BCUT2D eigenvalue weighted by atomic mass is 9.91. The molecule has 0 radical (unpaired) electrons. The van der Waals surface area contributed by atoms with Crippen LogP contribution < -0.4 is 20.7 Å². The molecule has 0 aromatic heterocycles. The SMILES string of the molecule is Cc1ccc(NC(=O)CCCCOc2cc3c4c(cccc4c2)C(=O)N(C2CCC(=O)NC2=O)C3=O)cc1C(=O)N[C@H](C)c1cccc2ccccc12. The van der Waals surface area contributed by atoms with Gasteiger partial charge in [0.15, 0.2) is 0 Å². The lowest BCUT2D eigenvalue weighted by Gasteiger charge is -2.34. The van der Waals surface area contributed by atoms with Crippen LogP contribution in [0.25, 0.3) is 21.5 Å². The summed E-state index contributed by atoms with van der Waals surface area (Å²) in [4.78, 5) is 78.5. The van der Waals surface area contributed by atoms with Crippen LogP contribution in [0, 0.1) is 6.92 Å². The zero-order valence-electron chi connectivity index (χ0n) is 29.4. The van der Waals surface area contributed by atoms with Crippen LogP contribution in [-0.4, -0.2) is 53.0 Å². The number of aryl methyl sites for hydroxylation is 1. The van der Waals surface area contributed by atoms with Gasteiger partial charge in [-0.05, 0) is 90.7 Å². The average molecular weight is 711 g/mol. The predicted molar refractivity (Wildman–Crippen MR) is 200 cm³/mol. The number of carbonyl (C=O) groups excluding carboxylic acids is 6. The van der Waals surface area contributed by atoms with Gasteiger partial charge < -0.3 is 15.4 Å². The Morgan fingerprint density at radius 1 is 0.868 bits per heavy atom. The number of rotatable bonds is 11. The molecule has 2 heterocycles. The van der Waals surface area contributed by atoms with Gasteiger partial charge in [0.1, 0.15) is 11.8 Å². The summed E-state index contributed by atoms with van der Waals surface area (Å²) in [7, 11) is 0. The molecule has 0 spiro atoms. The van der Waals surface area contributed by atoms with Gasteiger partial charge in [-0.3, -0.25) is 39.0 Å². The Labute approximate surface area is 305 Å². The summed E-state index contributed by atoms with van der Waals surface area (Å²) in [5.74, 6) is -2.32. The highest BCUT2D eigenvalue weighted by Gasteiger charge is 2.42. The van der Waals surface area contributed by atoms with E-state index in [1.807, 2.05) is 62.4 Å². The number of ether oxygens (including phenoxy) is 1. The number of benzene rings is 5. The van der Waals surface area contributed by atoms with Gasteiger partial charge in [0.2, 0.25) is 17.7 Å². The topological polar surface area (TPSA) is 151 Å². The molecule has 5 aromatic rings. The molecule has 0 aliphatic carbocycles. The molecule has 2 aliphatic rings. The molecule has 11 nitrogen and oxygen atoms in total. The fourth-order valence-corrected chi connectivity index (χ4v) is 7.12. The van der Waals surface area contributed by atoms with Crippen molar-refractivity contribution in [2.24, 2.45) is 0 Å². The number of amides is 6. The maximum Gasteiger partial charge on any atom is 0.262 e. The first kappa shape index (κ1) is 35.1. The van der Waals surface area contributed by atoms with Crippen LogP contribution >= 0.6 is 0 Å². The van der Waals surface area contributed by atoms with Crippen LogP contribution in [0.5, 0.6) is 5.75 Å². The van der Waals surface area contributed by atoms with Gasteiger partial charge >= 0.3 is 0 Å². The fraction of sp³-hybridized carbons (Fsp3) is 0.238. The number of piperidine rings is 1. The molecule has 268 valence electrons. The summed E-state index contributed by atoms with van der Waals surface area (Å²) in [6.07, 6.45) is 1.38. The smallest absolute Gasteiger partial charge is 0.262 e. The number of imide groups is 2. The molecule has 53 heavy (non-hydrogen) atoms. The van der Waals surface area contributed by atoms with Gasteiger partial charge in [-0.15, -0.1) is 0 Å². The molecule has 2 atom stereocenters. The van der Waals surface area contributed by atoms with Gasteiger partial charge in [-0.2, -0.15) is 0 Å². The average Bonchev–Trinajstić information content (AvgIpc) is 3.14. The van der Waals surface area contributed by atoms with Gasteiger partial charge in [0, 0.05) is 35.0 Å². The summed E-state index contributed by atoms with van der Waals surface area (Å²) in [6.45, 7) is 4.08. The normalized spacial score (nSPS) is 16.0. The highest BCUT2D eigenvalue weighted by molar-refractivity contribution is 6.27. The maximum absolute atomic E-state index is 13.6. The van der Waals surface area contributed by atoms with Crippen LogP contribution in [0.3, 0.4) is 0 Å². The third-order valence-corrected chi connectivity index (χ3v) is 9.84. The van der Waals surface area contributed by atoms with Crippen LogP contribution in [0.4, 0.5) is 5.69 Å². The summed E-state index contributed by atoms with van der Waals surface area (Å²) in [6, 6.07) is 26.5. The van der Waals surface area contributed by atoms with Crippen LogP contribution in [0.15, 0.2) is 91.0 Å². The largest absolute Gasteiger partial charge is 0.494 e. The van der Waals surface area contributed by atoms with E-state index in [4.69, 9.17) is 4.74 Å². The molecule has 3 N–H and O–H groups in total. The number of hydrogen-bond donors (Lipinski definition) is 3. The standard InChI is InChI=1S/C42H38N4O7/c1-24-16-17-28(22-33(24)39(49)43-25(2)30-13-7-10-26-9-3-4-12-31(26)30)44-36(47)15-5-6-20-53-29-21-27-11-8-14-32-38(27)34(23-29)42(52)46(41(32)51)35-18-19-37(48)45-40(35)50/h3-4,7-14,16-17,21-23,25,35H,5-6,15,18-20H2,1-2H3,(H,43,49)(H,44,47)(H,45,48,50)/t25-,35?/m1/s1. The second kappa shape index (κ2) is 14.7. The highest BCUT2D eigenvalue weighted by Crippen LogP contribution is 2.35. The van der Waals surface area contributed by atoms with E-state index < -0.39 is 29.7 Å². The number of nitrogens with one attached hydrogen (secondary N) is 3. The van der Waals surface area contributed by atoms with Crippen molar-refractivity contribution in [2.75, 3.05) is 11.9 Å². The molecule has 0 saturated carbocycles. The minimum atomic E-state index is -1.08. The lowest BCUT2D eigenvalue weighted by molar-refractivity contribution is -0.136. The molecule has 1 saturated heterocycles. The van der Waals surface area contributed by atoms with Gasteiger partial charge in [-0.1, -0.05) is 60.7 Å². The van der Waals surface area contributed by atoms with Crippen molar-refractivity contribution in [3.8, 4) is 5.75 Å². The number of fused-ring (bicyclic) bond motifs is 1. The molecular weight excluding hydrogens is 672 g/mol. The zero-order chi connectivity index (χ0) is 37.2. The molecule has 1 fully saturated rings. The van der Waals surface area contributed by atoms with E-state index >= 15 is 0 Å². The molecule has 5 aromatic carbocycles. The number of hydrogen-bond acceptors (Lipinski definition) is 7.